The predicted octanol–water partition coefficient (Wildman–Crippen LogP) is 3.91. The van der Waals surface area contributed by atoms with Gasteiger partial charge in [0.2, 0.25) is 5.95 Å². The molecule has 146 valence electrons. The molecule has 1 aromatic carbocycles. The van der Waals surface area contributed by atoms with Crippen molar-refractivity contribution in [1.82, 2.24) is 19.9 Å². The zero-order chi connectivity index (χ0) is 21.0. The van der Waals surface area contributed by atoms with E-state index >= 15 is 0 Å². The van der Waals surface area contributed by atoms with E-state index in [1.807, 2.05) is 0 Å². The molecule has 2 N–H and O–H groups in total. The van der Waals surface area contributed by atoms with Crippen molar-refractivity contribution in [2.75, 3.05) is 5.73 Å². The summed E-state index contributed by atoms with van der Waals surface area (Å²) in [6.45, 7) is 0. The van der Waals surface area contributed by atoms with Gasteiger partial charge in [0.25, 0.3) is 5.69 Å². The molecule has 0 saturated carbocycles. The van der Waals surface area contributed by atoms with Crippen LogP contribution in [0.25, 0.3) is 42.9 Å². The average Bonchev–Trinajstić information content (AvgIpc) is 2.73. The van der Waals surface area contributed by atoms with Crippen LogP contribution in [0.1, 0.15) is 0 Å². The van der Waals surface area contributed by atoms with Gasteiger partial charge in [0.05, 0.1) is 15.2 Å². The molecule has 9 nitrogen and oxygen atoms in total. The van der Waals surface area contributed by atoms with Gasteiger partial charge in [-0.25, -0.2) is 4.98 Å². The Morgan fingerprint density at radius 3 is 2.60 bits per heavy atom. The number of aromatic nitrogens is 4. The van der Waals surface area contributed by atoms with Crippen LogP contribution < -0.4 is 11.2 Å². The number of halogens is 1. The van der Waals surface area contributed by atoms with Crippen molar-refractivity contribution < 1.29 is 4.92 Å². The molecular formula is C19H9ClN6O3S. The molecule has 3 aromatic rings. The Labute approximate surface area is 176 Å². The number of nitrogens with zero attached hydrogens (tertiary/aromatic N) is 5. The fraction of sp³-hybridized carbons (Fsp3) is 0. The first-order valence-corrected chi connectivity index (χ1v) is 9.72. The van der Waals surface area contributed by atoms with Crippen molar-refractivity contribution in [2.24, 2.45) is 0 Å². The minimum absolute atomic E-state index is 0.0140. The lowest BCUT2D eigenvalue weighted by atomic mass is 9.98. The molecule has 1 aliphatic carbocycles. The van der Waals surface area contributed by atoms with Crippen LogP contribution in [-0.2, 0) is 0 Å². The molecule has 0 unspecified atom stereocenters. The molecule has 11 heteroatoms. The molecule has 3 heterocycles. The van der Waals surface area contributed by atoms with Crippen molar-refractivity contribution in [2.45, 2.75) is 0 Å². The van der Waals surface area contributed by atoms with E-state index in [2.05, 4.69) is 19.9 Å². The maximum absolute atomic E-state index is 13.4. The van der Waals surface area contributed by atoms with Crippen molar-refractivity contribution >= 4 is 55.8 Å². The first kappa shape index (κ1) is 18.3. The van der Waals surface area contributed by atoms with Crippen LogP contribution in [0.5, 0.6) is 0 Å². The number of nitro benzene ring substituents is 1. The molecule has 30 heavy (non-hydrogen) atoms. The number of non-ortho nitro benzene ring substituents is 1. The number of pyridine rings is 1. The Balaban J connectivity index is 1.95. The third-order valence-electron chi connectivity index (χ3n) is 4.56. The molecule has 0 atom stereocenters. The summed E-state index contributed by atoms with van der Waals surface area (Å²) in [4.78, 5) is 41.4. The van der Waals surface area contributed by atoms with Crippen molar-refractivity contribution in [3.63, 3.8) is 0 Å². The first-order valence-electron chi connectivity index (χ1n) is 8.53. The van der Waals surface area contributed by atoms with Crippen molar-refractivity contribution in [3.8, 4) is 21.7 Å². The van der Waals surface area contributed by atoms with Crippen molar-refractivity contribution in [3.05, 3.63) is 68.1 Å². The van der Waals surface area contributed by atoms with Gasteiger partial charge in [-0.3, -0.25) is 19.9 Å². The fourth-order valence-electron chi connectivity index (χ4n) is 3.26. The molecular weight excluding hydrogens is 428 g/mol. The predicted molar refractivity (Wildman–Crippen MR) is 115 cm³/mol. The summed E-state index contributed by atoms with van der Waals surface area (Å²) < 4.78 is 0.469. The first-order chi connectivity index (χ1) is 14.4. The molecule has 0 saturated heterocycles. The van der Waals surface area contributed by atoms with Crippen LogP contribution in [0.2, 0.25) is 5.15 Å². The van der Waals surface area contributed by atoms with Gasteiger partial charge in [-0.1, -0.05) is 11.6 Å². The number of rotatable bonds is 2. The number of benzene rings is 2. The summed E-state index contributed by atoms with van der Waals surface area (Å²) in [5.74, 6) is -0.0140. The molecule has 0 radical (unpaired) electrons. The average molecular weight is 437 g/mol. The molecule has 1 aliphatic heterocycles. The van der Waals surface area contributed by atoms with E-state index in [1.54, 1.807) is 18.3 Å². The Morgan fingerprint density at radius 1 is 1.10 bits per heavy atom. The lowest BCUT2D eigenvalue weighted by Gasteiger charge is -2.14. The van der Waals surface area contributed by atoms with Crippen LogP contribution in [0.15, 0.2) is 47.4 Å². The molecule has 5 rings (SSSR count). The van der Waals surface area contributed by atoms with E-state index in [1.165, 1.54) is 35.6 Å². The van der Waals surface area contributed by atoms with Crippen LogP contribution >= 0.6 is 22.9 Å². The molecule has 0 spiro atoms. The van der Waals surface area contributed by atoms with E-state index in [0.717, 1.165) is 0 Å². The summed E-state index contributed by atoms with van der Waals surface area (Å²) in [6.07, 6.45) is 1.57. The lowest BCUT2D eigenvalue weighted by molar-refractivity contribution is -0.384. The van der Waals surface area contributed by atoms with Gasteiger partial charge in [-0.05, 0) is 29.8 Å². The van der Waals surface area contributed by atoms with Crippen LogP contribution in [0.3, 0.4) is 0 Å². The van der Waals surface area contributed by atoms with E-state index in [-0.39, 0.29) is 22.2 Å². The fourth-order valence-corrected chi connectivity index (χ4v) is 4.61. The van der Waals surface area contributed by atoms with Crippen LogP contribution in [0.4, 0.5) is 11.6 Å². The Kier molecular flexibility index (Phi) is 4.05. The van der Waals surface area contributed by atoms with Gasteiger partial charge in [-0.15, -0.1) is 11.3 Å². The quantitative estimate of drug-likeness (QED) is 0.144. The number of nitrogens with two attached hydrogens (primary N) is 1. The molecule has 2 aromatic heterocycles. The summed E-state index contributed by atoms with van der Waals surface area (Å²) in [7, 11) is 0. The number of fused-ring (bicyclic) bond motifs is 4. The highest BCUT2D eigenvalue weighted by Gasteiger charge is 2.24. The Hall–Kier alpha value is -3.76. The van der Waals surface area contributed by atoms with Crippen LogP contribution in [0, 0.1) is 10.1 Å². The topological polar surface area (TPSA) is 138 Å². The zero-order valence-corrected chi connectivity index (χ0v) is 16.4. The number of anilines is 1. The second-order valence-corrected chi connectivity index (χ2v) is 7.70. The molecule has 0 amide bonds. The normalized spacial score (nSPS) is 11.4. The summed E-state index contributed by atoms with van der Waals surface area (Å²) >= 11 is 7.44. The third-order valence-corrected chi connectivity index (χ3v) is 6.13. The van der Waals surface area contributed by atoms with E-state index < -0.39 is 4.92 Å². The largest absolute Gasteiger partial charge is 0.368 e. The van der Waals surface area contributed by atoms with Gasteiger partial charge in [0.1, 0.15) is 15.9 Å². The van der Waals surface area contributed by atoms with Gasteiger partial charge >= 0.3 is 0 Å². The van der Waals surface area contributed by atoms with Crippen molar-refractivity contribution in [1.29, 1.82) is 0 Å². The molecule has 0 bridgehead atoms. The smallest absolute Gasteiger partial charge is 0.269 e. The minimum atomic E-state index is -0.497. The van der Waals surface area contributed by atoms with Crippen LogP contribution in [-0.4, -0.2) is 24.9 Å². The Morgan fingerprint density at radius 2 is 1.87 bits per heavy atom. The third kappa shape index (κ3) is 2.73. The number of nitrogen functional groups attached to an aromatic ring is 1. The van der Waals surface area contributed by atoms with Gasteiger partial charge in [-0.2, -0.15) is 9.97 Å². The molecule has 2 aliphatic rings. The summed E-state index contributed by atoms with van der Waals surface area (Å²) in [6, 6.07) is 9.10. The zero-order valence-electron chi connectivity index (χ0n) is 14.9. The van der Waals surface area contributed by atoms with E-state index in [0.29, 0.717) is 42.9 Å². The standard InChI is InChI=1S/C19H9ClN6O3S/c20-17-16-18(25-19(21)24-17)23-13-12-10(2-1-7-22-12)14(27)11(15(13)30-16)8-3-5-9(6-4-8)26(28)29/h1-7H,(H2,21,24,25). The monoisotopic (exact) mass is 436 g/mol. The second-order valence-electron chi connectivity index (χ2n) is 6.32. The highest BCUT2D eigenvalue weighted by molar-refractivity contribution is 7.22. The SMILES string of the molecule is Nc1nc(Cl)c2sc3c(-c4ccc([N+](=O)[O-])cc4)c(=O)c4cccnc4c-3nc2n1. The summed E-state index contributed by atoms with van der Waals surface area (Å²) in [5, 5.41) is 11.5. The number of nitro groups is 1. The van der Waals surface area contributed by atoms with Gasteiger partial charge in [0, 0.05) is 23.9 Å². The molecule has 0 fully saturated rings. The van der Waals surface area contributed by atoms with E-state index in [4.69, 9.17) is 17.3 Å². The highest BCUT2D eigenvalue weighted by atomic mass is 35.5. The lowest BCUT2D eigenvalue weighted by Crippen LogP contribution is -2.10. The van der Waals surface area contributed by atoms with Gasteiger partial charge in [0.15, 0.2) is 16.2 Å². The number of hydrogen-bond donors (Lipinski definition) is 1. The minimum Gasteiger partial charge on any atom is -0.368 e. The summed E-state index contributed by atoms with van der Waals surface area (Å²) in [5.41, 5.74) is 7.43. The Bertz CT molecular complexity index is 1520. The maximum atomic E-state index is 13.4. The number of hydrogen-bond acceptors (Lipinski definition) is 9. The second kappa shape index (κ2) is 6.65. The maximum Gasteiger partial charge on any atom is 0.269 e. The van der Waals surface area contributed by atoms with E-state index in [9.17, 15) is 14.9 Å². The van der Waals surface area contributed by atoms with Gasteiger partial charge < -0.3 is 5.73 Å². The highest BCUT2D eigenvalue weighted by Crippen LogP contribution is 2.41.